The highest BCUT2D eigenvalue weighted by Gasteiger charge is 2.50. The van der Waals surface area contributed by atoms with Crippen LogP contribution in [-0.4, -0.2) is 31.2 Å². The zero-order chi connectivity index (χ0) is 19.5. The highest BCUT2D eigenvalue weighted by molar-refractivity contribution is 5.82. The Kier molecular flexibility index (Phi) is 5.56. The number of carbonyl (C=O) groups excluding carboxylic acids is 1. The third kappa shape index (κ3) is 4.00. The van der Waals surface area contributed by atoms with Crippen LogP contribution >= 0.6 is 0 Å². The van der Waals surface area contributed by atoms with Crippen LogP contribution in [0.25, 0.3) is 0 Å². The lowest BCUT2D eigenvalue weighted by Crippen LogP contribution is -2.66. The van der Waals surface area contributed by atoms with Gasteiger partial charge in [-0.25, -0.2) is 0 Å². The fraction of sp³-hybridized carbons (Fsp3) is 0.381. The summed E-state index contributed by atoms with van der Waals surface area (Å²) >= 11 is 0. The highest BCUT2D eigenvalue weighted by Crippen LogP contribution is 2.42. The van der Waals surface area contributed by atoms with Gasteiger partial charge in [0.05, 0.1) is 0 Å². The molecule has 27 heavy (non-hydrogen) atoms. The molecule has 1 aliphatic rings. The topological polar surface area (TPSA) is 41.1 Å². The van der Waals surface area contributed by atoms with Crippen molar-refractivity contribution < 1.29 is 18.0 Å². The van der Waals surface area contributed by atoms with E-state index >= 15 is 0 Å². The lowest BCUT2D eigenvalue weighted by atomic mass is 9.65. The van der Waals surface area contributed by atoms with E-state index in [0.29, 0.717) is 19.5 Å². The standard InChI is InChI=1S/C21H23F3N2O/c1-2-20(13-25-14-20)18(26-19(27)21(22,23)24)17(15-9-5-3-6-10-15)16-11-7-4-8-12-16/h3-12,17-18,25H,2,13-14H2,1H3,(H,26,27). The van der Waals surface area contributed by atoms with Crippen LogP contribution in [0, 0.1) is 5.41 Å². The zero-order valence-corrected chi connectivity index (χ0v) is 15.1. The second kappa shape index (κ2) is 7.72. The summed E-state index contributed by atoms with van der Waals surface area (Å²) in [7, 11) is 0. The van der Waals surface area contributed by atoms with Gasteiger partial charge in [-0.1, -0.05) is 67.6 Å². The van der Waals surface area contributed by atoms with Gasteiger partial charge in [0.2, 0.25) is 0 Å². The minimum absolute atomic E-state index is 0.374. The molecule has 144 valence electrons. The first-order valence-electron chi connectivity index (χ1n) is 9.06. The van der Waals surface area contributed by atoms with Gasteiger partial charge in [0, 0.05) is 30.5 Å². The summed E-state index contributed by atoms with van der Waals surface area (Å²) in [6.45, 7) is 3.10. The number of amides is 1. The number of hydrogen-bond donors (Lipinski definition) is 2. The van der Waals surface area contributed by atoms with Crippen LogP contribution in [0.5, 0.6) is 0 Å². The molecule has 1 atom stereocenters. The number of alkyl halides is 3. The van der Waals surface area contributed by atoms with Crippen molar-refractivity contribution in [2.24, 2.45) is 5.41 Å². The first kappa shape index (κ1) is 19.4. The van der Waals surface area contributed by atoms with E-state index in [4.69, 9.17) is 0 Å². The van der Waals surface area contributed by atoms with E-state index in [1.54, 1.807) is 0 Å². The molecule has 0 spiro atoms. The van der Waals surface area contributed by atoms with Crippen LogP contribution in [-0.2, 0) is 4.79 Å². The maximum atomic E-state index is 13.1. The van der Waals surface area contributed by atoms with Gasteiger partial charge in [-0.2, -0.15) is 13.2 Å². The molecule has 0 saturated carbocycles. The lowest BCUT2D eigenvalue weighted by Gasteiger charge is -2.51. The van der Waals surface area contributed by atoms with Crippen molar-refractivity contribution in [1.29, 1.82) is 0 Å². The van der Waals surface area contributed by atoms with E-state index in [9.17, 15) is 18.0 Å². The van der Waals surface area contributed by atoms with Crippen molar-refractivity contribution in [3.63, 3.8) is 0 Å². The normalized spacial score (nSPS) is 17.2. The van der Waals surface area contributed by atoms with Crippen LogP contribution in [0.2, 0.25) is 0 Å². The number of hydrogen-bond acceptors (Lipinski definition) is 2. The van der Waals surface area contributed by atoms with Gasteiger partial charge in [-0.15, -0.1) is 0 Å². The average molecular weight is 376 g/mol. The van der Waals surface area contributed by atoms with Crippen molar-refractivity contribution in [1.82, 2.24) is 10.6 Å². The molecule has 1 heterocycles. The molecule has 1 aliphatic heterocycles. The van der Waals surface area contributed by atoms with Crippen LogP contribution in [0.3, 0.4) is 0 Å². The number of benzene rings is 2. The summed E-state index contributed by atoms with van der Waals surface area (Å²) in [5, 5.41) is 5.51. The number of rotatable bonds is 6. The van der Waals surface area contributed by atoms with Gasteiger partial charge in [-0.05, 0) is 17.5 Å². The molecule has 3 nitrogen and oxygen atoms in total. The molecule has 6 heteroatoms. The maximum absolute atomic E-state index is 13.1. The van der Waals surface area contributed by atoms with Crippen LogP contribution in [0.4, 0.5) is 13.2 Å². The Balaban J connectivity index is 2.09. The summed E-state index contributed by atoms with van der Waals surface area (Å²) in [6, 6.07) is 18.1. The van der Waals surface area contributed by atoms with Gasteiger partial charge >= 0.3 is 12.1 Å². The Bertz CT molecular complexity index is 713. The van der Waals surface area contributed by atoms with Gasteiger partial charge in [-0.3, -0.25) is 4.79 Å². The zero-order valence-electron chi connectivity index (χ0n) is 15.1. The third-order valence-corrected chi connectivity index (χ3v) is 5.51. The molecule has 1 amide bonds. The molecule has 2 N–H and O–H groups in total. The van der Waals surface area contributed by atoms with Crippen molar-refractivity contribution in [2.75, 3.05) is 13.1 Å². The van der Waals surface area contributed by atoms with Crippen LogP contribution < -0.4 is 10.6 Å². The minimum Gasteiger partial charge on any atom is -0.344 e. The second-order valence-corrected chi connectivity index (χ2v) is 7.07. The fourth-order valence-electron chi connectivity index (χ4n) is 3.85. The smallest absolute Gasteiger partial charge is 0.344 e. The predicted octanol–water partition coefficient (Wildman–Crippen LogP) is 3.87. The fourth-order valence-corrected chi connectivity index (χ4v) is 3.85. The van der Waals surface area contributed by atoms with E-state index in [1.807, 2.05) is 67.6 Å². The Morgan fingerprint density at radius 1 is 1.04 bits per heavy atom. The second-order valence-electron chi connectivity index (χ2n) is 7.07. The molecular formula is C21H23F3N2O. The molecule has 2 aromatic carbocycles. The largest absolute Gasteiger partial charge is 0.471 e. The minimum atomic E-state index is -4.91. The molecule has 1 saturated heterocycles. The van der Waals surface area contributed by atoms with Gasteiger partial charge in [0.15, 0.2) is 0 Å². The van der Waals surface area contributed by atoms with Gasteiger partial charge in [0.25, 0.3) is 0 Å². The Morgan fingerprint density at radius 3 is 1.85 bits per heavy atom. The van der Waals surface area contributed by atoms with Gasteiger partial charge < -0.3 is 10.6 Å². The molecule has 0 aromatic heterocycles. The molecule has 1 fully saturated rings. The van der Waals surface area contributed by atoms with Crippen LogP contribution in [0.1, 0.15) is 30.4 Å². The molecular weight excluding hydrogens is 353 g/mol. The van der Waals surface area contributed by atoms with Crippen molar-refractivity contribution >= 4 is 5.91 Å². The van der Waals surface area contributed by atoms with Crippen molar-refractivity contribution in [3.8, 4) is 0 Å². The Hall–Kier alpha value is -2.34. The van der Waals surface area contributed by atoms with Crippen molar-refractivity contribution in [2.45, 2.75) is 31.5 Å². The highest BCUT2D eigenvalue weighted by atomic mass is 19.4. The van der Waals surface area contributed by atoms with E-state index in [2.05, 4.69) is 10.6 Å². The lowest BCUT2D eigenvalue weighted by molar-refractivity contribution is -0.175. The Labute approximate surface area is 157 Å². The van der Waals surface area contributed by atoms with Crippen molar-refractivity contribution in [3.05, 3.63) is 71.8 Å². The third-order valence-electron chi connectivity index (χ3n) is 5.51. The monoisotopic (exact) mass is 376 g/mol. The molecule has 2 aromatic rings. The van der Waals surface area contributed by atoms with Crippen LogP contribution in [0.15, 0.2) is 60.7 Å². The summed E-state index contributed by atoms with van der Waals surface area (Å²) in [5.41, 5.74) is 1.34. The summed E-state index contributed by atoms with van der Waals surface area (Å²) < 4.78 is 39.2. The quantitative estimate of drug-likeness (QED) is 0.804. The summed E-state index contributed by atoms with van der Waals surface area (Å²) in [5.74, 6) is -2.26. The van der Waals surface area contributed by atoms with E-state index < -0.39 is 23.5 Å². The maximum Gasteiger partial charge on any atom is 0.471 e. The molecule has 0 aliphatic carbocycles. The summed E-state index contributed by atoms with van der Waals surface area (Å²) in [4.78, 5) is 11.9. The summed E-state index contributed by atoms with van der Waals surface area (Å²) in [6.07, 6.45) is -4.25. The average Bonchev–Trinajstić information content (AvgIpc) is 2.62. The number of nitrogens with one attached hydrogen (secondary N) is 2. The predicted molar refractivity (Wildman–Crippen MR) is 98.3 cm³/mol. The van der Waals surface area contributed by atoms with E-state index in [-0.39, 0.29) is 5.92 Å². The number of halogens is 3. The SMILES string of the molecule is CCC1(C(NC(=O)C(F)(F)F)C(c2ccccc2)c2ccccc2)CNC1. The van der Waals surface area contributed by atoms with Gasteiger partial charge in [0.1, 0.15) is 0 Å². The molecule has 0 bridgehead atoms. The molecule has 0 radical (unpaired) electrons. The molecule has 3 rings (SSSR count). The first-order valence-corrected chi connectivity index (χ1v) is 9.06. The first-order chi connectivity index (χ1) is 12.9. The molecule has 1 unspecified atom stereocenters. The Morgan fingerprint density at radius 2 is 1.52 bits per heavy atom. The number of carbonyl (C=O) groups is 1. The van der Waals surface area contributed by atoms with E-state index in [0.717, 1.165) is 11.1 Å². The van der Waals surface area contributed by atoms with E-state index in [1.165, 1.54) is 0 Å².